The van der Waals surface area contributed by atoms with Crippen LogP contribution in [0.5, 0.6) is 0 Å². The van der Waals surface area contributed by atoms with Crippen LogP contribution in [-0.4, -0.2) is 36.6 Å². The summed E-state index contributed by atoms with van der Waals surface area (Å²) in [7, 11) is 0. The molecule has 0 aliphatic carbocycles. The Balaban J connectivity index is 2.36. The fourth-order valence-corrected chi connectivity index (χ4v) is 2.82. The molecule has 16 heavy (non-hydrogen) atoms. The number of rotatable bonds is 6. The van der Waals surface area contributed by atoms with E-state index in [1.807, 2.05) is 0 Å². The van der Waals surface area contributed by atoms with E-state index in [0.717, 1.165) is 18.0 Å². The van der Waals surface area contributed by atoms with E-state index >= 15 is 0 Å². The van der Waals surface area contributed by atoms with Gasteiger partial charge in [-0.3, -0.25) is 0 Å². The summed E-state index contributed by atoms with van der Waals surface area (Å²) < 4.78 is 0. The third kappa shape index (κ3) is 4.06. The number of hydrogen-bond donors (Lipinski definition) is 1. The van der Waals surface area contributed by atoms with E-state index in [1.54, 1.807) is 0 Å². The lowest BCUT2D eigenvalue weighted by Gasteiger charge is -2.38. The van der Waals surface area contributed by atoms with Gasteiger partial charge < -0.3 is 10.2 Å². The first kappa shape index (κ1) is 14.0. The van der Waals surface area contributed by atoms with Gasteiger partial charge in [0, 0.05) is 18.6 Å². The summed E-state index contributed by atoms with van der Waals surface area (Å²) in [6.45, 7) is 13.0. The molecule has 3 atom stereocenters. The van der Waals surface area contributed by atoms with Crippen LogP contribution in [0.1, 0.15) is 53.4 Å². The summed E-state index contributed by atoms with van der Waals surface area (Å²) in [6, 6.07) is 1.49. The van der Waals surface area contributed by atoms with Crippen molar-refractivity contribution < 1.29 is 0 Å². The largest absolute Gasteiger partial charge is 0.311 e. The smallest absolute Gasteiger partial charge is 0.0120 e. The van der Waals surface area contributed by atoms with Gasteiger partial charge in [-0.25, -0.2) is 0 Å². The van der Waals surface area contributed by atoms with Crippen molar-refractivity contribution in [1.82, 2.24) is 10.2 Å². The Hall–Kier alpha value is -0.0800. The minimum atomic E-state index is 0.741. The van der Waals surface area contributed by atoms with Gasteiger partial charge in [0.05, 0.1) is 0 Å². The number of hydrogen-bond acceptors (Lipinski definition) is 2. The SMILES string of the molecule is CCCC(CC)NC1CCN(CC)CC1C. The summed E-state index contributed by atoms with van der Waals surface area (Å²) in [4.78, 5) is 2.57. The molecule has 2 heteroatoms. The van der Waals surface area contributed by atoms with Crippen molar-refractivity contribution in [2.75, 3.05) is 19.6 Å². The predicted molar refractivity (Wildman–Crippen MR) is 71.8 cm³/mol. The van der Waals surface area contributed by atoms with Crippen LogP contribution in [0.3, 0.4) is 0 Å². The maximum Gasteiger partial charge on any atom is 0.0120 e. The number of likely N-dealkylation sites (tertiary alicyclic amines) is 1. The molecule has 1 N–H and O–H groups in total. The molecule has 0 radical (unpaired) electrons. The lowest BCUT2D eigenvalue weighted by molar-refractivity contribution is 0.144. The maximum atomic E-state index is 3.87. The Bertz CT molecular complexity index is 182. The normalized spacial score (nSPS) is 29.2. The minimum absolute atomic E-state index is 0.741. The van der Waals surface area contributed by atoms with Crippen molar-refractivity contribution >= 4 is 0 Å². The highest BCUT2D eigenvalue weighted by Gasteiger charge is 2.26. The van der Waals surface area contributed by atoms with Gasteiger partial charge in [-0.1, -0.05) is 34.1 Å². The maximum absolute atomic E-state index is 3.87. The number of nitrogens with one attached hydrogen (secondary N) is 1. The molecule has 0 spiro atoms. The van der Waals surface area contributed by atoms with Gasteiger partial charge in [0.25, 0.3) is 0 Å². The van der Waals surface area contributed by atoms with Gasteiger partial charge in [-0.15, -0.1) is 0 Å². The Morgan fingerprint density at radius 3 is 2.56 bits per heavy atom. The highest BCUT2D eigenvalue weighted by atomic mass is 15.1. The quantitative estimate of drug-likeness (QED) is 0.749. The zero-order valence-corrected chi connectivity index (χ0v) is 11.6. The Morgan fingerprint density at radius 2 is 2.06 bits per heavy atom. The van der Waals surface area contributed by atoms with Crippen molar-refractivity contribution in [3.8, 4) is 0 Å². The zero-order chi connectivity index (χ0) is 12.0. The second kappa shape index (κ2) is 7.29. The summed E-state index contributed by atoms with van der Waals surface area (Å²) in [5.41, 5.74) is 0. The van der Waals surface area contributed by atoms with Crippen molar-refractivity contribution in [3.05, 3.63) is 0 Å². The molecule has 0 aromatic heterocycles. The molecule has 1 aliphatic rings. The van der Waals surface area contributed by atoms with Gasteiger partial charge >= 0.3 is 0 Å². The monoisotopic (exact) mass is 226 g/mol. The number of piperidine rings is 1. The van der Waals surface area contributed by atoms with Crippen molar-refractivity contribution in [2.24, 2.45) is 5.92 Å². The van der Waals surface area contributed by atoms with E-state index < -0.39 is 0 Å². The first-order chi connectivity index (χ1) is 7.71. The average molecular weight is 226 g/mol. The molecule has 96 valence electrons. The highest BCUT2D eigenvalue weighted by molar-refractivity contribution is 4.84. The van der Waals surface area contributed by atoms with E-state index in [-0.39, 0.29) is 0 Å². The van der Waals surface area contributed by atoms with Crippen LogP contribution < -0.4 is 5.32 Å². The Morgan fingerprint density at radius 1 is 1.31 bits per heavy atom. The van der Waals surface area contributed by atoms with Crippen LogP contribution >= 0.6 is 0 Å². The third-order valence-corrected chi connectivity index (χ3v) is 4.02. The lowest BCUT2D eigenvalue weighted by atomic mass is 9.92. The van der Waals surface area contributed by atoms with E-state index in [9.17, 15) is 0 Å². The van der Waals surface area contributed by atoms with Crippen LogP contribution in [-0.2, 0) is 0 Å². The first-order valence-corrected chi connectivity index (χ1v) is 7.19. The van der Waals surface area contributed by atoms with Crippen molar-refractivity contribution in [3.63, 3.8) is 0 Å². The molecular formula is C14H30N2. The lowest BCUT2D eigenvalue weighted by Crippen LogP contribution is -2.50. The summed E-state index contributed by atoms with van der Waals surface area (Å²) in [5, 5.41) is 3.87. The predicted octanol–water partition coefficient (Wildman–Crippen LogP) is 2.89. The van der Waals surface area contributed by atoms with E-state index in [2.05, 4.69) is 37.9 Å². The van der Waals surface area contributed by atoms with Crippen molar-refractivity contribution in [1.29, 1.82) is 0 Å². The van der Waals surface area contributed by atoms with E-state index in [1.165, 1.54) is 45.3 Å². The summed E-state index contributed by atoms with van der Waals surface area (Å²) in [6.07, 6.45) is 5.23. The standard InChI is InChI=1S/C14H30N2/c1-5-8-13(6-2)15-14-9-10-16(7-3)11-12(14)4/h12-15H,5-11H2,1-4H3. The Labute approximate surface area is 102 Å². The molecule has 0 aromatic carbocycles. The van der Waals surface area contributed by atoms with Crippen molar-refractivity contribution in [2.45, 2.75) is 65.5 Å². The molecule has 0 saturated carbocycles. The topological polar surface area (TPSA) is 15.3 Å². The molecular weight excluding hydrogens is 196 g/mol. The van der Waals surface area contributed by atoms with Gasteiger partial charge in [-0.2, -0.15) is 0 Å². The molecule has 1 heterocycles. The fraction of sp³-hybridized carbons (Fsp3) is 1.00. The van der Waals surface area contributed by atoms with Gasteiger partial charge in [0.15, 0.2) is 0 Å². The summed E-state index contributed by atoms with van der Waals surface area (Å²) >= 11 is 0. The van der Waals surface area contributed by atoms with E-state index in [0.29, 0.717) is 0 Å². The summed E-state index contributed by atoms with van der Waals surface area (Å²) in [5.74, 6) is 0.805. The molecule has 1 rings (SSSR count). The Kier molecular flexibility index (Phi) is 6.37. The third-order valence-electron chi connectivity index (χ3n) is 4.02. The highest BCUT2D eigenvalue weighted by Crippen LogP contribution is 2.18. The van der Waals surface area contributed by atoms with Crippen LogP contribution in [0.2, 0.25) is 0 Å². The first-order valence-electron chi connectivity index (χ1n) is 7.19. The van der Waals surface area contributed by atoms with Crippen LogP contribution in [0.15, 0.2) is 0 Å². The molecule has 1 saturated heterocycles. The molecule has 2 nitrogen and oxygen atoms in total. The number of nitrogens with zero attached hydrogens (tertiary/aromatic N) is 1. The molecule has 1 aliphatic heterocycles. The van der Waals surface area contributed by atoms with Crippen LogP contribution in [0.25, 0.3) is 0 Å². The van der Waals surface area contributed by atoms with Gasteiger partial charge in [-0.05, 0) is 38.3 Å². The van der Waals surface area contributed by atoms with Gasteiger partial charge in [0.2, 0.25) is 0 Å². The molecule has 3 unspecified atom stereocenters. The second-order valence-electron chi connectivity index (χ2n) is 5.33. The van der Waals surface area contributed by atoms with Gasteiger partial charge in [0.1, 0.15) is 0 Å². The minimum Gasteiger partial charge on any atom is -0.311 e. The van der Waals surface area contributed by atoms with Crippen LogP contribution in [0.4, 0.5) is 0 Å². The fourth-order valence-electron chi connectivity index (χ4n) is 2.82. The second-order valence-corrected chi connectivity index (χ2v) is 5.33. The van der Waals surface area contributed by atoms with Crippen LogP contribution in [0, 0.1) is 5.92 Å². The zero-order valence-electron chi connectivity index (χ0n) is 11.6. The average Bonchev–Trinajstić information content (AvgIpc) is 2.30. The molecule has 0 aromatic rings. The molecule has 1 fully saturated rings. The van der Waals surface area contributed by atoms with E-state index in [4.69, 9.17) is 0 Å². The molecule has 0 amide bonds. The molecule has 0 bridgehead atoms.